The molecule has 0 bridgehead atoms. The van der Waals surface area contributed by atoms with Gasteiger partial charge in [-0.25, -0.2) is 8.78 Å². The first-order chi connectivity index (χ1) is 9.38. The lowest BCUT2D eigenvalue weighted by Crippen LogP contribution is -2.24. The molecule has 2 rings (SSSR count). The fourth-order valence-electron chi connectivity index (χ4n) is 2.50. The van der Waals surface area contributed by atoms with Gasteiger partial charge in [0, 0.05) is 26.2 Å². The van der Waals surface area contributed by atoms with Crippen molar-refractivity contribution in [3.63, 3.8) is 0 Å². The summed E-state index contributed by atoms with van der Waals surface area (Å²) in [7, 11) is 1.76. The molecule has 0 spiro atoms. The van der Waals surface area contributed by atoms with E-state index in [2.05, 4.69) is 12.2 Å². The van der Waals surface area contributed by atoms with Crippen molar-refractivity contribution >= 4 is 5.69 Å². The van der Waals surface area contributed by atoms with E-state index in [0.29, 0.717) is 30.0 Å². The maximum Gasteiger partial charge on any atom is 0.149 e. The monoisotopic (exact) mass is 282 g/mol. The number of hydrogen-bond donors (Lipinski definition) is 1. The van der Waals surface area contributed by atoms with Crippen molar-refractivity contribution in [3.05, 3.63) is 29.3 Å². The van der Waals surface area contributed by atoms with Crippen LogP contribution in [0.5, 0.6) is 0 Å². The Kier molecular flexibility index (Phi) is 4.63. The lowest BCUT2D eigenvalue weighted by molar-refractivity contribution is 0.554. The first kappa shape index (κ1) is 15.2. The van der Waals surface area contributed by atoms with E-state index in [-0.39, 0.29) is 5.69 Å². The van der Waals surface area contributed by atoms with E-state index in [1.54, 1.807) is 11.9 Å². The van der Waals surface area contributed by atoms with Crippen LogP contribution < -0.4 is 10.2 Å². The number of benzene rings is 1. The van der Waals surface area contributed by atoms with Crippen molar-refractivity contribution in [2.45, 2.75) is 39.8 Å². The third kappa shape index (κ3) is 3.69. The molecular weight excluding hydrogens is 258 g/mol. The second kappa shape index (κ2) is 6.08. The highest BCUT2D eigenvalue weighted by Crippen LogP contribution is 2.39. The Morgan fingerprint density at radius 1 is 1.30 bits per heavy atom. The molecule has 20 heavy (non-hydrogen) atoms. The Balaban J connectivity index is 2.09. The molecule has 1 aromatic carbocycles. The van der Waals surface area contributed by atoms with E-state index >= 15 is 0 Å². The van der Waals surface area contributed by atoms with Gasteiger partial charge in [0.1, 0.15) is 17.3 Å². The molecule has 0 amide bonds. The summed E-state index contributed by atoms with van der Waals surface area (Å²) in [5.74, 6) is 0.307. The first-order valence-electron chi connectivity index (χ1n) is 7.31. The molecule has 1 aliphatic rings. The fraction of sp³-hybridized carbons (Fsp3) is 0.625. The first-order valence-corrected chi connectivity index (χ1v) is 7.31. The molecule has 1 saturated carbocycles. The van der Waals surface area contributed by atoms with E-state index in [0.717, 1.165) is 13.0 Å². The molecule has 2 unspecified atom stereocenters. The summed E-state index contributed by atoms with van der Waals surface area (Å²) < 4.78 is 28.3. The minimum absolute atomic E-state index is 0.0948. The highest BCUT2D eigenvalue weighted by molar-refractivity contribution is 5.50. The number of anilines is 1. The molecule has 4 heteroatoms. The minimum atomic E-state index is -0.471. The molecule has 0 heterocycles. The van der Waals surface area contributed by atoms with E-state index in [1.807, 2.05) is 13.8 Å². The van der Waals surface area contributed by atoms with Crippen molar-refractivity contribution in [2.75, 3.05) is 18.5 Å². The fourth-order valence-corrected chi connectivity index (χ4v) is 2.50. The number of nitrogens with one attached hydrogen (secondary N) is 1. The summed E-state index contributed by atoms with van der Waals surface area (Å²) in [6, 6.07) is 3.15. The smallest absolute Gasteiger partial charge is 0.149 e. The summed E-state index contributed by atoms with van der Waals surface area (Å²) in [5.41, 5.74) is 0.739. The predicted molar refractivity (Wildman–Crippen MR) is 78.9 cm³/mol. The van der Waals surface area contributed by atoms with Gasteiger partial charge >= 0.3 is 0 Å². The molecule has 0 aromatic heterocycles. The van der Waals surface area contributed by atoms with E-state index in [1.165, 1.54) is 12.1 Å². The Hall–Kier alpha value is -1.16. The van der Waals surface area contributed by atoms with Crippen LogP contribution in [-0.4, -0.2) is 19.6 Å². The molecule has 2 nitrogen and oxygen atoms in total. The number of hydrogen-bond acceptors (Lipinski definition) is 2. The van der Waals surface area contributed by atoms with E-state index < -0.39 is 11.6 Å². The Labute approximate surface area is 120 Å². The van der Waals surface area contributed by atoms with Crippen molar-refractivity contribution in [2.24, 2.45) is 11.8 Å². The summed E-state index contributed by atoms with van der Waals surface area (Å²) in [6.45, 7) is 7.39. The van der Waals surface area contributed by atoms with Gasteiger partial charge in [-0.1, -0.05) is 20.8 Å². The quantitative estimate of drug-likeness (QED) is 0.858. The largest absolute Gasteiger partial charge is 0.370 e. The maximum atomic E-state index is 14.1. The van der Waals surface area contributed by atoms with Crippen LogP contribution in [0.25, 0.3) is 0 Å². The van der Waals surface area contributed by atoms with Crippen molar-refractivity contribution < 1.29 is 8.78 Å². The summed E-state index contributed by atoms with van der Waals surface area (Å²) >= 11 is 0. The van der Waals surface area contributed by atoms with Crippen LogP contribution in [0.4, 0.5) is 14.5 Å². The summed E-state index contributed by atoms with van der Waals surface area (Å²) in [5, 5.41) is 3.17. The van der Waals surface area contributed by atoms with Crippen LogP contribution >= 0.6 is 0 Å². The van der Waals surface area contributed by atoms with Crippen molar-refractivity contribution in [3.8, 4) is 0 Å². The molecular formula is C16H24F2N2. The predicted octanol–water partition coefficient (Wildman–Crippen LogP) is 3.56. The third-order valence-electron chi connectivity index (χ3n) is 3.96. The molecule has 0 radical (unpaired) electrons. The van der Waals surface area contributed by atoms with Crippen LogP contribution in [0.15, 0.2) is 12.1 Å². The minimum Gasteiger partial charge on any atom is -0.370 e. The number of rotatable bonds is 6. The molecule has 0 aliphatic heterocycles. The zero-order chi connectivity index (χ0) is 14.9. The zero-order valence-electron chi connectivity index (χ0n) is 12.7. The SMILES string of the molecule is CC(C)NCc1cc(F)c(N(C)CC2CC2C)c(F)c1. The molecule has 1 aliphatic carbocycles. The van der Waals surface area contributed by atoms with Crippen LogP contribution in [0.3, 0.4) is 0 Å². The highest BCUT2D eigenvalue weighted by atomic mass is 19.1. The van der Waals surface area contributed by atoms with Crippen molar-refractivity contribution in [1.29, 1.82) is 0 Å². The summed E-state index contributed by atoms with van der Waals surface area (Å²) in [4.78, 5) is 1.71. The molecule has 1 fully saturated rings. The number of halogens is 2. The van der Waals surface area contributed by atoms with E-state index in [9.17, 15) is 8.78 Å². The van der Waals surface area contributed by atoms with Crippen LogP contribution in [-0.2, 0) is 6.54 Å². The Morgan fingerprint density at radius 2 is 1.85 bits per heavy atom. The number of nitrogens with zero attached hydrogens (tertiary/aromatic N) is 1. The average molecular weight is 282 g/mol. The maximum absolute atomic E-state index is 14.1. The molecule has 112 valence electrons. The average Bonchev–Trinajstić information content (AvgIpc) is 3.01. The molecule has 2 atom stereocenters. The topological polar surface area (TPSA) is 15.3 Å². The van der Waals surface area contributed by atoms with Crippen LogP contribution in [0, 0.1) is 23.5 Å². The van der Waals surface area contributed by atoms with Gasteiger partial charge < -0.3 is 10.2 Å². The summed E-state index contributed by atoms with van der Waals surface area (Å²) in [6.07, 6.45) is 1.16. The van der Waals surface area contributed by atoms with Gasteiger partial charge in [-0.15, -0.1) is 0 Å². The second-order valence-electron chi connectivity index (χ2n) is 6.30. The van der Waals surface area contributed by atoms with Gasteiger partial charge in [0.15, 0.2) is 0 Å². The van der Waals surface area contributed by atoms with Gasteiger partial charge in [-0.3, -0.25) is 0 Å². The van der Waals surface area contributed by atoms with Crippen LogP contribution in [0.1, 0.15) is 32.8 Å². The zero-order valence-corrected chi connectivity index (χ0v) is 12.7. The van der Waals surface area contributed by atoms with Crippen LogP contribution in [0.2, 0.25) is 0 Å². The molecule has 1 N–H and O–H groups in total. The lowest BCUT2D eigenvalue weighted by Gasteiger charge is -2.21. The van der Waals surface area contributed by atoms with E-state index in [4.69, 9.17) is 0 Å². The van der Waals surface area contributed by atoms with Gasteiger partial charge in [0.25, 0.3) is 0 Å². The van der Waals surface area contributed by atoms with Gasteiger partial charge in [0.2, 0.25) is 0 Å². The Bertz CT molecular complexity index is 451. The lowest BCUT2D eigenvalue weighted by atomic mass is 10.1. The van der Waals surface area contributed by atoms with Gasteiger partial charge in [-0.05, 0) is 36.0 Å². The molecule has 1 aromatic rings. The highest BCUT2D eigenvalue weighted by Gasteiger charge is 2.34. The normalized spacial score (nSPS) is 21.4. The second-order valence-corrected chi connectivity index (χ2v) is 6.30. The van der Waals surface area contributed by atoms with Gasteiger partial charge in [-0.2, -0.15) is 0 Å². The molecule has 0 saturated heterocycles. The van der Waals surface area contributed by atoms with Gasteiger partial charge in [0.05, 0.1) is 0 Å². The third-order valence-corrected chi connectivity index (χ3v) is 3.96. The Morgan fingerprint density at radius 3 is 2.30 bits per heavy atom. The van der Waals surface area contributed by atoms with Crippen molar-refractivity contribution in [1.82, 2.24) is 5.32 Å². The standard InChI is InChI=1S/C16H24F2N2/c1-10(2)19-8-12-6-14(17)16(15(18)7-12)20(4)9-13-5-11(13)3/h6-7,10-11,13,19H,5,8-9H2,1-4H3.